The van der Waals surface area contributed by atoms with Crippen LogP contribution in [-0.2, 0) is 0 Å². The SMILES string of the molecule is CC(C)C=CCN1CC[C@@H](N2CCC(O)CC2)[C@H](O)C1. The molecular formula is C16H30N2O2. The first-order valence-electron chi connectivity index (χ1n) is 8.05. The molecule has 0 radical (unpaired) electrons. The zero-order chi connectivity index (χ0) is 14.5. The number of allylic oxidation sites excluding steroid dienone is 1. The Bertz CT molecular complexity index is 312. The molecule has 2 fully saturated rings. The van der Waals surface area contributed by atoms with Gasteiger partial charge in [-0.15, -0.1) is 0 Å². The molecule has 0 aliphatic carbocycles. The summed E-state index contributed by atoms with van der Waals surface area (Å²) in [6.07, 6.45) is 6.79. The van der Waals surface area contributed by atoms with E-state index in [1.54, 1.807) is 0 Å². The number of hydrogen-bond donors (Lipinski definition) is 2. The maximum Gasteiger partial charge on any atom is 0.0822 e. The van der Waals surface area contributed by atoms with Crippen molar-refractivity contribution < 1.29 is 10.2 Å². The highest BCUT2D eigenvalue weighted by molar-refractivity contribution is 4.93. The molecule has 0 aromatic carbocycles. The number of β-amino-alcohol motifs (C(OH)–C–C–N with tert-alkyl or cyclic N) is 1. The van der Waals surface area contributed by atoms with Gasteiger partial charge in [0.25, 0.3) is 0 Å². The smallest absolute Gasteiger partial charge is 0.0822 e. The van der Waals surface area contributed by atoms with Crippen LogP contribution in [-0.4, -0.2) is 71.0 Å². The zero-order valence-electron chi connectivity index (χ0n) is 12.9. The molecule has 20 heavy (non-hydrogen) atoms. The molecule has 2 aliphatic rings. The second-order valence-corrected chi connectivity index (χ2v) is 6.62. The van der Waals surface area contributed by atoms with E-state index < -0.39 is 0 Å². The fraction of sp³-hybridized carbons (Fsp3) is 0.875. The van der Waals surface area contributed by atoms with Crippen LogP contribution in [0, 0.1) is 5.92 Å². The van der Waals surface area contributed by atoms with Gasteiger partial charge in [0.2, 0.25) is 0 Å². The van der Waals surface area contributed by atoms with Crippen LogP contribution in [0.4, 0.5) is 0 Å². The summed E-state index contributed by atoms with van der Waals surface area (Å²) in [5, 5.41) is 20.0. The van der Waals surface area contributed by atoms with Gasteiger partial charge in [-0.05, 0) is 25.2 Å². The lowest BCUT2D eigenvalue weighted by atomic mass is 9.96. The third-order valence-electron chi connectivity index (χ3n) is 4.48. The average molecular weight is 282 g/mol. The molecule has 0 bridgehead atoms. The molecule has 4 heteroatoms. The highest BCUT2D eigenvalue weighted by Gasteiger charge is 2.33. The van der Waals surface area contributed by atoms with Crippen LogP contribution in [0.2, 0.25) is 0 Å². The second-order valence-electron chi connectivity index (χ2n) is 6.62. The monoisotopic (exact) mass is 282 g/mol. The van der Waals surface area contributed by atoms with Gasteiger partial charge >= 0.3 is 0 Å². The van der Waals surface area contributed by atoms with Crippen molar-refractivity contribution in [1.29, 1.82) is 0 Å². The van der Waals surface area contributed by atoms with Gasteiger partial charge < -0.3 is 10.2 Å². The van der Waals surface area contributed by atoms with Crippen LogP contribution in [0.3, 0.4) is 0 Å². The van der Waals surface area contributed by atoms with Crippen molar-refractivity contribution >= 4 is 0 Å². The van der Waals surface area contributed by atoms with Crippen molar-refractivity contribution in [3.8, 4) is 0 Å². The van der Waals surface area contributed by atoms with E-state index in [0.717, 1.165) is 52.0 Å². The summed E-state index contributed by atoms with van der Waals surface area (Å²) < 4.78 is 0. The number of rotatable bonds is 4. The van der Waals surface area contributed by atoms with Gasteiger partial charge in [-0.3, -0.25) is 9.80 Å². The van der Waals surface area contributed by atoms with Crippen molar-refractivity contribution in [1.82, 2.24) is 9.80 Å². The minimum atomic E-state index is -0.258. The van der Waals surface area contributed by atoms with Gasteiger partial charge in [0.1, 0.15) is 0 Å². The molecule has 0 saturated carbocycles. The average Bonchev–Trinajstić information content (AvgIpc) is 2.40. The molecule has 116 valence electrons. The number of aliphatic hydroxyl groups excluding tert-OH is 2. The van der Waals surface area contributed by atoms with Crippen LogP contribution in [0.5, 0.6) is 0 Å². The van der Waals surface area contributed by atoms with Gasteiger partial charge in [0, 0.05) is 38.8 Å². The predicted octanol–water partition coefficient (Wildman–Crippen LogP) is 1.09. The lowest BCUT2D eigenvalue weighted by Crippen LogP contribution is -2.56. The van der Waals surface area contributed by atoms with E-state index in [0.29, 0.717) is 5.92 Å². The van der Waals surface area contributed by atoms with Gasteiger partial charge in [-0.1, -0.05) is 26.0 Å². The highest BCUT2D eigenvalue weighted by Crippen LogP contribution is 2.21. The van der Waals surface area contributed by atoms with Gasteiger partial charge in [0.05, 0.1) is 12.2 Å². The van der Waals surface area contributed by atoms with E-state index in [1.807, 2.05) is 0 Å². The molecule has 0 amide bonds. The van der Waals surface area contributed by atoms with Crippen molar-refractivity contribution in [2.24, 2.45) is 5.92 Å². The van der Waals surface area contributed by atoms with Crippen molar-refractivity contribution in [2.75, 3.05) is 32.7 Å². The maximum absolute atomic E-state index is 10.4. The first-order chi connectivity index (χ1) is 9.56. The van der Waals surface area contributed by atoms with Crippen LogP contribution in [0.1, 0.15) is 33.1 Å². The molecule has 0 aromatic rings. The summed E-state index contributed by atoms with van der Waals surface area (Å²) in [6.45, 7) is 8.99. The highest BCUT2D eigenvalue weighted by atomic mass is 16.3. The Morgan fingerprint density at radius 3 is 2.40 bits per heavy atom. The van der Waals surface area contributed by atoms with Crippen molar-refractivity contribution in [2.45, 2.75) is 51.4 Å². The molecule has 2 atom stereocenters. The topological polar surface area (TPSA) is 46.9 Å². The summed E-state index contributed by atoms with van der Waals surface area (Å²) in [6, 6.07) is 0.285. The molecule has 0 aromatic heterocycles. The number of nitrogens with zero attached hydrogens (tertiary/aromatic N) is 2. The number of aliphatic hydroxyl groups is 2. The van der Waals surface area contributed by atoms with Crippen molar-refractivity contribution in [3.63, 3.8) is 0 Å². The summed E-state index contributed by atoms with van der Waals surface area (Å²) >= 11 is 0. The molecule has 2 heterocycles. The summed E-state index contributed by atoms with van der Waals surface area (Å²) in [5.41, 5.74) is 0. The normalized spacial score (nSPS) is 31.4. The van der Waals surface area contributed by atoms with Crippen LogP contribution in [0.25, 0.3) is 0 Å². The Labute approximate surface area is 123 Å². The van der Waals surface area contributed by atoms with Crippen molar-refractivity contribution in [3.05, 3.63) is 12.2 Å². The molecular weight excluding hydrogens is 252 g/mol. The van der Waals surface area contributed by atoms with E-state index >= 15 is 0 Å². The van der Waals surface area contributed by atoms with Gasteiger partial charge in [-0.2, -0.15) is 0 Å². The molecule has 0 unspecified atom stereocenters. The molecule has 4 nitrogen and oxygen atoms in total. The lowest BCUT2D eigenvalue weighted by Gasteiger charge is -2.43. The van der Waals surface area contributed by atoms with E-state index in [-0.39, 0.29) is 18.2 Å². The van der Waals surface area contributed by atoms with E-state index in [4.69, 9.17) is 0 Å². The first kappa shape index (κ1) is 16.0. The Kier molecular flexibility index (Phi) is 6.02. The minimum Gasteiger partial charge on any atom is -0.393 e. The quantitative estimate of drug-likeness (QED) is 0.758. The third kappa shape index (κ3) is 4.55. The number of hydrogen-bond acceptors (Lipinski definition) is 4. The van der Waals surface area contributed by atoms with Crippen LogP contribution >= 0.6 is 0 Å². The molecule has 2 saturated heterocycles. The Morgan fingerprint density at radius 2 is 1.80 bits per heavy atom. The fourth-order valence-electron chi connectivity index (χ4n) is 3.28. The third-order valence-corrected chi connectivity index (χ3v) is 4.48. The van der Waals surface area contributed by atoms with E-state index in [1.165, 1.54) is 0 Å². The van der Waals surface area contributed by atoms with E-state index in [9.17, 15) is 10.2 Å². The number of piperidine rings is 2. The predicted molar refractivity (Wildman–Crippen MR) is 81.6 cm³/mol. The Hall–Kier alpha value is -0.420. The van der Waals surface area contributed by atoms with Crippen LogP contribution < -0.4 is 0 Å². The Balaban J connectivity index is 1.77. The molecule has 2 aliphatic heterocycles. The second kappa shape index (κ2) is 7.55. The van der Waals surface area contributed by atoms with Gasteiger partial charge in [0.15, 0.2) is 0 Å². The first-order valence-corrected chi connectivity index (χ1v) is 8.05. The van der Waals surface area contributed by atoms with Gasteiger partial charge in [-0.25, -0.2) is 0 Å². The summed E-state index contributed by atoms with van der Waals surface area (Å²) in [7, 11) is 0. The fourth-order valence-corrected chi connectivity index (χ4v) is 3.28. The standard InChI is InChI=1S/C16H30N2O2/c1-13(2)4-3-8-17-9-7-15(16(20)12-17)18-10-5-14(19)6-11-18/h3-4,13-16,19-20H,5-12H2,1-2H3/t15-,16-/m1/s1. The lowest BCUT2D eigenvalue weighted by molar-refractivity contribution is -0.0315. The molecule has 2 N–H and O–H groups in total. The minimum absolute atomic E-state index is 0.135. The summed E-state index contributed by atoms with van der Waals surface area (Å²) in [4.78, 5) is 4.71. The summed E-state index contributed by atoms with van der Waals surface area (Å²) in [5.74, 6) is 0.595. The number of likely N-dealkylation sites (tertiary alicyclic amines) is 2. The Morgan fingerprint density at radius 1 is 1.10 bits per heavy atom. The van der Waals surface area contributed by atoms with E-state index in [2.05, 4.69) is 35.8 Å². The molecule has 2 rings (SSSR count). The zero-order valence-corrected chi connectivity index (χ0v) is 12.9. The maximum atomic E-state index is 10.4. The van der Waals surface area contributed by atoms with Crippen LogP contribution in [0.15, 0.2) is 12.2 Å². The largest absolute Gasteiger partial charge is 0.393 e. The molecule has 0 spiro atoms.